The Morgan fingerprint density at radius 1 is 0.733 bits per heavy atom. The van der Waals surface area contributed by atoms with Crippen LogP contribution in [-0.2, 0) is 12.4 Å². The van der Waals surface area contributed by atoms with E-state index < -0.39 is 23.5 Å². The predicted molar refractivity (Wildman–Crippen MR) is 46.0 cm³/mol. The van der Waals surface area contributed by atoms with Crippen molar-refractivity contribution < 1.29 is 26.3 Å². The molecular weight excluding hydrogens is 238 g/mol. The first-order chi connectivity index (χ1) is 6.60. The fourth-order valence-electron chi connectivity index (χ4n) is 1.11. The minimum Gasteiger partial charge on any atom is -0.166 e. The lowest BCUT2D eigenvalue weighted by Crippen LogP contribution is -2.16. The summed E-state index contributed by atoms with van der Waals surface area (Å²) in [5.41, 5.74) is -2.50. The first kappa shape index (κ1) is 12.1. The van der Waals surface area contributed by atoms with Gasteiger partial charge in [0.1, 0.15) is 0 Å². The van der Waals surface area contributed by atoms with Gasteiger partial charge in [0.05, 0.1) is 11.1 Å². The average molecular weight is 244 g/mol. The highest BCUT2D eigenvalue weighted by atomic mass is 28.1. The van der Waals surface area contributed by atoms with Crippen LogP contribution in [0.25, 0.3) is 0 Å². The zero-order valence-corrected chi connectivity index (χ0v) is 9.50. The summed E-state index contributed by atoms with van der Waals surface area (Å²) in [5, 5.41) is 0.0668. The highest BCUT2D eigenvalue weighted by molar-refractivity contribution is 6.32. The Labute approximate surface area is 84.3 Å². The van der Waals surface area contributed by atoms with Crippen LogP contribution < -0.4 is 5.19 Å². The van der Waals surface area contributed by atoms with E-state index in [0.717, 1.165) is 12.1 Å². The van der Waals surface area contributed by atoms with Gasteiger partial charge in [-0.15, -0.1) is 0 Å². The molecule has 0 nitrogen and oxygen atoms in total. The molecule has 0 aromatic heterocycles. The minimum absolute atomic E-state index is 0.0668. The standard InChI is InChI=1S/C8H6F6Si/c9-7(10,11)4-1-5(8(12,13)14)3-6(15)2-4/h1-3H,15H3. The molecule has 0 bridgehead atoms. The zero-order valence-electron chi connectivity index (χ0n) is 7.50. The molecule has 0 atom stereocenters. The van der Waals surface area contributed by atoms with E-state index in [2.05, 4.69) is 0 Å². The maximum atomic E-state index is 12.2. The molecule has 0 saturated heterocycles. The van der Waals surface area contributed by atoms with Crippen molar-refractivity contribution in [1.29, 1.82) is 0 Å². The molecule has 0 fully saturated rings. The molecule has 0 spiro atoms. The van der Waals surface area contributed by atoms with Crippen LogP contribution in [0.2, 0.25) is 0 Å². The Balaban J connectivity index is 3.30. The van der Waals surface area contributed by atoms with E-state index in [1.807, 2.05) is 0 Å². The molecule has 0 N–H and O–H groups in total. The van der Waals surface area contributed by atoms with Crippen LogP contribution in [-0.4, -0.2) is 10.2 Å². The molecule has 0 radical (unpaired) electrons. The van der Waals surface area contributed by atoms with E-state index >= 15 is 0 Å². The second-order valence-electron chi connectivity index (χ2n) is 3.08. The third-order valence-corrected chi connectivity index (χ3v) is 2.31. The molecule has 0 heterocycles. The molecule has 0 amide bonds. The van der Waals surface area contributed by atoms with Crippen LogP contribution in [0, 0.1) is 0 Å². The predicted octanol–water partition coefficient (Wildman–Crippen LogP) is 1.71. The number of halogens is 6. The second-order valence-corrected chi connectivity index (χ2v) is 4.24. The zero-order chi connectivity index (χ0) is 11.9. The van der Waals surface area contributed by atoms with Crippen molar-refractivity contribution in [2.45, 2.75) is 12.4 Å². The largest absolute Gasteiger partial charge is 0.416 e. The fraction of sp³-hybridized carbons (Fsp3) is 0.250. The van der Waals surface area contributed by atoms with Crippen LogP contribution >= 0.6 is 0 Å². The summed E-state index contributed by atoms with van der Waals surface area (Å²) in [6.07, 6.45) is -9.47. The smallest absolute Gasteiger partial charge is 0.166 e. The van der Waals surface area contributed by atoms with E-state index in [1.54, 1.807) is 0 Å². The SMILES string of the molecule is FC(F)(F)c1cc([SiH3])cc(C(F)(F)F)c1. The summed E-state index contributed by atoms with van der Waals surface area (Å²) >= 11 is 0. The highest BCUT2D eigenvalue weighted by Crippen LogP contribution is 2.34. The van der Waals surface area contributed by atoms with Crippen molar-refractivity contribution in [2.75, 3.05) is 0 Å². The molecule has 0 aliphatic carbocycles. The van der Waals surface area contributed by atoms with E-state index in [9.17, 15) is 26.3 Å². The van der Waals surface area contributed by atoms with Gasteiger partial charge >= 0.3 is 12.4 Å². The summed E-state index contributed by atoms with van der Waals surface area (Å²) in [7, 11) is 0.138. The van der Waals surface area contributed by atoms with E-state index in [1.165, 1.54) is 0 Å². The third kappa shape index (κ3) is 2.98. The third-order valence-electron chi connectivity index (χ3n) is 1.73. The molecular formula is C8H6F6Si. The van der Waals surface area contributed by atoms with Gasteiger partial charge in [-0.05, 0) is 6.07 Å². The maximum Gasteiger partial charge on any atom is 0.416 e. The van der Waals surface area contributed by atoms with Gasteiger partial charge in [0.15, 0.2) is 0 Å². The number of benzene rings is 1. The summed E-state index contributed by atoms with van der Waals surface area (Å²) < 4.78 is 73.1. The first-order valence-corrected chi connectivity index (χ1v) is 4.87. The van der Waals surface area contributed by atoms with Gasteiger partial charge in [-0.1, -0.05) is 17.3 Å². The molecule has 0 aliphatic rings. The quantitative estimate of drug-likeness (QED) is 0.481. The van der Waals surface area contributed by atoms with Crippen molar-refractivity contribution in [2.24, 2.45) is 0 Å². The molecule has 15 heavy (non-hydrogen) atoms. The van der Waals surface area contributed by atoms with Gasteiger partial charge in [-0.25, -0.2) is 0 Å². The van der Waals surface area contributed by atoms with Gasteiger partial charge in [-0.2, -0.15) is 26.3 Å². The van der Waals surface area contributed by atoms with Crippen molar-refractivity contribution in [3.05, 3.63) is 29.3 Å². The van der Waals surface area contributed by atoms with Gasteiger partial charge in [0, 0.05) is 10.2 Å². The summed E-state index contributed by atoms with van der Waals surface area (Å²) in [4.78, 5) is 0. The van der Waals surface area contributed by atoms with E-state index in [0.29, 0.717) is 0 Å². The van der Waals surface area contributed by atoms with Crippen LogP contribution in [0.4, 0.5) is 26.3 Å². The molecule has 0 aliphatic heterocycles. The number of hydrogen-bond acceptors (Lipinski definition) is 0. The second kappa shape index (κ2) is 3.55. The average Bonchev–Trinajstić information content (AvgIpc) is 1.99. The minimum atomic E-state index is -4.74. The van der Waals surface area contributed by atoms with Crippen LogP contribution in [0.3, 0.4) is 0 Å². The van der Waals surface area contributed by atoms with Gasteiger partial charge in [-0.3, -0.25) is 0 Å². The number of hydrogen-bond donors (Lipinski definition) is 0. The molecule has 1 aromatic rings. The van der Waals surface area contributed by atoms with Gasteiger partial charge < -0.3 is 0 Å². The summed E-state index contributed by atoms with van der Waals surface area (Å²) in [5.74, 6) is 0. The normalized spacial score (nSPS) is 13.2. The Morgan fingerprint density at radius 2 is 1.07 bits per heavy atom. The molecule has 0 unspecified atom stereocenters. The lowest BCUT2D eigenvalue weighted by molar-refractivity contribution is -0.142. The monoisotopic (exact) mass is 244 g/mol. The fourth-order valence-corrected chi connectivity index (χ4v) is 1.73. The Kier molecular flexibility index (Phi) is 2.86. The molecule has 84 valence electrons. The summed E-state index contributed by atoms with van der Waals surface area (Å²) in [6, 6.07) is 1.60. The Hall–Kier alpha value is -0.983. The first-order valence-electron chi connectivity index (χ1n) is 3.87. The molecule has 1 aromatic carbocycles. The van der Waals surface area contributed by atoms with Crippen LogP contribution in [0.15, 0.2) is 18.2 Å². The Morgan fingerprint density at radius 3 is 1.33 bits per heavy atom. The topological polar surface area (TPSA) is 0 Å². The summed E-state index contributed by atoms with van der Waals surface area (Å²) in [6.45, 7) is 0. The Bertz CT molecular complexity index is 332. The maximum absolute atomic E-state index is 12.2. The van der Waals surface area contributed by atoms with Crippen LogP contribution in [0.5, 0.6) is 0 Å². The molecule has 7 heteroatoms. The van der Waals surface area contributed by atoms with E-state index in [-0.39, 0.29) is 21.5 Å². The van der Waals surface area contributed by atoms with Crippen molar-refractivity contribution >= 4 is 15.4 Å². The lowest BCUT2D eigenvalue weighted by Gasteiger charge is -2.12. The molecule has 0 saturated carbocycles. The van der Waals surface area contributed by atoms with Crippen molar-refractivity contribution in [3.8, 4) is 0 Å². The highest BCUT2D eigenvalue weighted by Gasteiger charge is 2.36. The van der Waals surface area contributed by atoms with Gasteiger partial charge in [0.25, 0.3) is 0 Å². The van der Waals surface area contributed by atoms with Crippen molar-refractivity contribution in [3.63, 3.8) is 0 Å². The number of alkyl halides is 6. The number of rotatable bonds is 0. The molecule has 1 rings (SSSR count). The van der Waals surface area contributed by atoms with Crippen molar-refractivity contribution in [1.82, 2.24) is 0 Å². The van der Waals surface area contributed by atoms with Crippen LogP contribution in [0.1, 0.15) is 11.1 Å². The lowest BCUT2D eigenvalue weighted by atomic mass is 10.1. The van der Waals surface area contributed by atoms with E-state index in [4.69, 9.17) is 0 Å². The van der Waals surface area contributed by atoms with Gasteiger partial charge in [0.2, 0.25) is 0 Å².